The Morgan fingerprint density at radius 1 is 1.13 bits per heavy atom. The van der Waals surface area contributed by atoms with Gasteiger partial charge in [-0.2, -0.15) is 4.68 Å². The quantitative estimate of drug-likeness (QED) is 0.537. The number of nitrogens with one attached hydrogen (secondary N) is 1. The second-order valence-electron chi connectivity index (χ2n) is 7.19. The number of hydrogen-bond donors (Lipinski definition) is 1. The minimum absolute atomic E-state index is 0.166. The molecule has 0 radical (unpaired) electrons. The van der Waals surface area contributed by atoms with Gasteiger partial charge in [0.25, 0.3) is 0 Å². The van der Waals surface area contributed by atoms with Crippen LogP contribution in [0.4, 0.5) is 5.82 Å². The summed E-state index contributed by atoms with van der Waals surface area (Å²) < 4.78 is 12.0. The molecule has 0 unspecified atom stereocenters. The first-order valence-electron chi connectivity index (χ1n) is 9.60. The number of nitrogens with zero attached hydrogens (tertiary/aromatic N) is 4. The first kappa shape index (κ1) is 19.6. The van der Waals surface area contributed by atoms with Gasteiger partial charge in [-0.1, -0.05) is 12.1 Å². The average molecular weight is 405 g/mol. The molecule has 0 aliphatic heterocycles. The molecule has 0 aliphatic carbocycles. The van der Waals surface area contributed by atoms with E-state index in [0.29, 0.717) is 29.6 Å². The summed E-state index contributed by atoms with van der Waals surface area (Å²) in [6.07, 6.45) is 0. The number of methoxy groups -OCH3 is 1. The Labute approximate surface area is 173 Å². The average Bonchev–Trinajstić information content (AvgIpc) is 3.25. The second-order valence-corrected chi connectivity index (χ2v) is 7.19. The molecule has 0 fully saturated rings. The standard InChI is InChI=1S/C22H23N5O3/c1-12-10-13(2)24-21-18(12)20(23-11-16-6-8-17(29-5)9-7-16)26-27(21)22(28)19-14(3)25-15(4)30-19/h6-10H,11H2,1-5H3,(H,23,26). The molecule has 0 saturated heterocycles. The number of aryl methyl sites for hydroxylation is 4. The molecule has 4 aromatic rings. The lowest BCUT2D eigenvalue weighted by Gasteiger charge is -2.06. The van der Waals surface area contributed by atoms with Gasteiger partial charge < -0.3 is 14.5 Å². The maximum Gasteiger partial charge on any atom is 0.317 e. The van der Waals surface area contributed by atoms with E-state index in [1.807, 2.05) is 44.2 Å². The molecule has 8 heteroatoms. The summed E-state index contributed by atoms with van der Waals surface area (Å²) in [5.74, 6) is 1.60. The Hall–Kier alpha value is -3.68. The number of oxazole rings is 1. The number of carbonyl (C=O) groups excluding carboxylic acids is 1. The molecule has 30 heavy (non-hydrogen) atoms. The smallest absolute Gasteiger partial charge is 0.317 e. The van der Waals surface area contributed by atoms with Crippen LogP contribution in [-0.2, 0) is 6.54 Å². The number of benzene rings is 1. The zero-order valence-corrected chi connectivity index (χ0v) is 17.6. The lowest BCUT2D eigenvalue weighted by Crippen LogP contribution is -2.15. The normalized spacial score (nSPS) is 11.1. The minimum atomic E-state index is -0.395. The lowest BCUT2D eigenvalue weighted by molar-refractivity contribution is 0.0920. The van der Waals surface area contributed by atoms with Crippen molar-refractivity contribution in [2.75, 3.05) is 12.4 Å². The summed E-state index contributed by atoms with van der Waals surface area (Å²) in [7, 11) is 1.64. The van der Waals surface area contributed by atoms with Crippen LogP contribution in [-0.4, -0.2) is 32.8 Å². The van der Waals surface area contributed by atoms with Crippen molar-refractivity contribution in [3.05, 3.63) is 64.5 Å². The number of hydrogen-bond acceptors (Lipinski definition) is 7. The van der Waals surface area contributed by atoms with Crippen LogP contribution >= 0.6 is 0 Å². The number of ether oxygens (including phenoxy) is 1. The van der Waals surface area contributed by atoms with Gasteiger partial charge in [-0.3, -0.25) is 4.79 Å². The maximum absolute atomic E-state index is 13.2. The summed E-state index contributed by atoms with van der Waals surface area (Å²) in [5.41, 5.74) is 3.87. The third-order valence-electron chi connectivity index (χ3n) is 4.87. The molecule has 3 aromatic heterocycles. The molecule has 8 nitrogen and oxygen atoms in total. The highest BCUT2D eigenvalue weighted by Gasteiger charge is 2.24. The number of carbonyl (C=O) groups is 1. The van der Waals surface area contributed by atoms with Crippen molar-refractivity contribution in [3.63, 3.8) is 0 Å². The summed E-state index contributed by atoms with van der Waals surface area (Å²) in [6.45, 7) is 7.86. The number of anilines is 1. The van der Waals surface area contributed by atoms with Gasteiger partial charge in [-0.25, -0.2) is 9.97 Å². The van der Waals surface area contributed by atoms with Crippen molar-refractivity contribution in [3.8, 4) is 5.75 Å². The number of pyridine rings is 1. The van der Waals surface area contributed by atoms with E-state index >= 15 is 0 Å². The monoisotopic (exact) mass is 405 g/mol. The van der Waals surface area contributed by atoms with Crippen molar-refractivity contribution in [1.29, 1.82) is 0 Å². The Bertz CT molecular complexity index is 1240. The van der Waals surface area contributed by atoms with Crippen LogP contribution in [0.2, 0.25) is 0 Å². The van der Waals surface area contributed by atoms with Crippen LogP contribution in [0.25, 0.3) is 11.0 Å². The van der Waals surface area contributed by atoms with Crippen LogP contribution in [0, 0.1) is 27.7 Å². The van der Waals surface area contributed by atoms with E-state index in [-0.39, 0.29) is 5.76 Å². The van der Waals surface area contributed by atoms with E-state index in [0.717, 1.165) is 28.0 Å². The first-order valence-corrected chi connectivity index (χ1v) is 9.60. The Balaban J connectivity index is 1.74. The fourth-order valence-corrected chi connectivity index (χ4v) is 3.48. The largest absolute Gasteiger partial charge is 0.497 e. The van der Waals surface area contributed by atoms with E-state index in [1.54, 1.807) is 21.0 Å². The molecule has 1 N–H and O–H groups in total. The predicted octanol–water partition coefficient (Wildman–Crippen LogP) is 3.96. The Morgan fingerprint density at radius 2 is 1.87 bits per heavy atom. The zero-order chi connectivity index (χ0) is 21.4. The highest BCUT2D eigenvalue weighted by Crippen LogP contribution is 2.27. The minimum Gasteiger partial charge on any atom is -0.497 e. The van der Waals surface area contributed by atoms with Gasteiger partial charge in [0, 0.05) is 19.2 Å². The summed E-state index contributed by atoms with van der Waals surface area (Å²) >= 11 is 0. The summed E-state index contributed by atoms with van der Waals surface area (Å²) in [5, 5.41) is 8.69. The van der Waals surface area contributed by atoms with Crippen LogP contribution in [0.3, 0.4) is 0 Å². The summed E-state index contributed by atoms with van der Waals surface area (Å²) in [6, 6.07) is 9.74. The fraction of sp³-hybridized carbons (Fsp3) is 0.273. The SMILES string of the molecule is COc1ccc(CNc2nn(C(=O)c3oc(C)nc3C)c3nc(C)cc(C)c23)cc1. The van der Waals surface area contributed by atoms with E-state index in [2.05, 4.69) is 20.4 Å². The third-order valence-corrected chi connectivity index (χ3v) is 4.87. The topological polar surface area (TPSA) is 95.1 Å². The molecule has 154 valence electrons. The molecule has 0 bridgehead atoms. The summed E-state index contributed by atoms with van der Waals surface area (Å²) in [4.78, 5) is 21.9. The van der Waals surface area contributed by atoms with Crippen molar-refractivity contribution in [2.24, 2.45) is 0 Å². The molecule has 0 spiro atoms. The third kappa shape index (κ3) is 3.52. The van der Waals surface area contributed by atoms with E-state index in [4.69, 9.17) is 9.15 Å². The highest BCUT2D eigenvalue weighted by molar-refractivity contribution is 6.02. The van der Waals surface area contributed by atoms with Gasteiger partial charge in [0.1, 0.15) is 5.75 Å². The number of aromatic nitrogens is 4. The van der Waals surface area contributed by atoms with E-state index < -0.39 is 5.91 Å². The molecule has 0 amide bonds. The van der Waals surface area contributed by atoms with Crippen LogP contribution in [0.15, 0.2) is 34.7 Å². The molecule has 0 aliphatic rings. The Kier molecular flexibility index (Phi) is 4.99. The van der Waals surface area contributed by atoms with Crippen molar-refractivity contribution >= 4 is 22.8 Å². The van der Waals surface area contributed by atoms with Crippen LogP contribution in [0.1, 0.15) is 39.0 Å². The van der Waals surface area contributed by atoms with Crippen LogP contribution in [0.5, 0.6) is 5.75 Å². The van der Waals surface area contributed by atoms with Gasteiger partial charge in [0.2, 0.25) is 5.76 Å². The molecule has 0 atom stereocenters. The van der Waals surface area contributed by atoms with Gasteiger partial charge in [0.05, 0.1) is 18.2 Å². The number of rotatable bonds is 5. The molecule has 4 rings (SSSR count). The second kappa shape index (κ2) is 7.62. The van der Waals surface area contributed by atoms with Crippen LogP contribution < -0.4 is 10.1 Å². The molecular weight excluding hydrogens is 382 g/mol. The van der Waals surface area contributed by atoms with Gasteiger partial charge in [-0.15, -0.1) is 5.10 Å². The molecule has 3 heterocycles. The molecule has 0 saturated carbocycles. The first-order chi connectivity index (χ1) is 14.4. The van der Waals surface area contributed by atoms with Gasteiger partial charge in [-0.05, 0) is 50.1 Å². The van der Waals surface area contributed by atoms with Crippen molar-refractivity contribution < 1.29 is 13.9 Å². The number of fused-ring (bicyclic) bond motifs is 1. The Morgan fingerprint density at radius 3 is 2.50 bits per heavy atom. The lowest BCUT2D eigenvalue weighted by atomic mass is 10.1. The predicted molar refractivity (Wildman–Crippen MR) is 113 cm³/mol. The zero-order valence-electron chi connectivity index (χ0n) is 17.6. The van der Waals surface area contributed by atoms with Gasteiger partial charge >= 0.3 is 5.91 Å². The highest BCUT2D eigenvalue weighted by atomic mass is 16.5. The molecular formula is C22H23N5O3. The fourth-order valence-electron chi connectivity index (χ4n) is 3.48. The maximum atomic E-state index is 13.2. The van der Waals surface area contributed by atoms with E-state index in [1.165, 1.54) is 4.68 Å². The van der Waals surface area contributed by atoms with Gasteiger partial charge in [0.15, 0.2) is 17.4 Å². The van der Waals surface area contributed by atoms with Crippen molar-refractivity contribution in [1.82, 2.24) is 19.7 Å². The molecule has 1 aromatic carbocycles. The van der Waals surface area contributed by atoms with Crippen molar-refractivity contribution in [2.45, 2.75) is 34.2 Å². The van der Waals surface area contributed by atoms with E-state index in [9.17, 15) is 4.79 Å².